The standard InChI is InChI=1S/C15H14O6.C3H7NO2S/c16-8-4-11(18)9-6-13(20)15(21-14(9)5-8)7-1-2-10(17)12(19)3-7;4-2(1-7)3(5)6/h1-5,13,15-20H,6H2;2,7H,1,4H2,(H,5,6)/t13-,15-;2-/m10/s1. The number of hydrogen-bond acceptors (Lipinski definition) is 9. The third-order valence-corrected chi connectivity index (χ3v) is 4.42. The van der Waals surface area contributed by atoms with Crippen LogP contribution in [0.3, 0.4) is 0 Å². The van der Waals surface area contributed by atoms with Crippen LogP contribution < -0.4 is 10.5 Å². The zero-order valence-corrected chi connectivity index (χ0v) is 15.5. The summed E-state index contributed by atoms with van der Waals surface area (Å²) in [5.74, 6) is -1.40. The number of aliphatic hydroxyl groups is 1. The third kappa shape index (κ3) is 4.91. The van der Waals surface area contributed by atoms with E-state index in [1.54, 1.807) is 0 Å². The second-order valence-electron chi connectivity index (χ2n) is 6.13. The maximum atomic E-state index is 10.2. The fraction of sp³-hybridized carbons (Fsp3) is 0.278. The van der Waals surface area contributed by atoms with E-state index in [-0.39, 0.29) is 40.9 Å². The Balaban J connectivity index is 0.000000345. The first kappa shape index (κ1) is 21.5. The fourth-order valence-electron chi connectivity index (χ4n) is 2.54. The molecule has 3 rings (SSSR count). The average Bonchev–Trinajstić information content (AvgIpc) is 2.64. The van der Waals surface area contributed by atoms with E-state index >= 15 is 0 Å². The highest BCUT2D eigenvalue weighted by molar-refractivity contribution is 7.80. The maximum Gasteiger partial charge on any atom is 0.321 e. The van der Waals surface area contributed by atoms with Crippen molar-refractivity contribution in [1.29, 1.82) is 0 Å². The van der Waals surface area contributed by atoms with Gasteiger partial charge in [-0.1, -0.05) is 6.07 Å². The summed E-state index contributed by atoms with van der Waals surface area (Å²) >= 11 is 3.65. The number of carboxylic acids is 1. The molecule has 10 heteroatoms. The molecule has 0 unspecified atom stereocenters. The van der Waals surface area contributed by atoms with E-state index < -0.39 is 24.2 Å². The summed E-state index contributed by atoms with van der Waals surface area (Å²) < 4.78 is 5.62. The molecule has 2 aromatic rings. The Morgan fingerprint density at radius 1 is 1.14 bits per heavy atom. The third-order valence-electron chi connectivity index (χ3n) is 4.03. The Kier molecular flexibility index (Phi) is 6.84. The quantitative estimate of drug-likeness (QED) is 0.269. The van der Waals surface area contributed by atoms with Gasteiger partial charge in [-0.25, -0.2) is 0 Å². The molecule has 0 aliphatic carbocycles. The van der Waals surface area contributed by atoms with Crippen molar-refractivity contribution in [2.45, 2.75) is 24.7 Å². The van der Waals surface area contributed by atoms with Gasteiger partial charge in [0.2, 0.25) is 0 Å². The van der Waals surface area contributed by atoms with Gasteiger partial charge < -0.3 is 41.1 Å². The van der Waals surface area contributed by atoms with Gasteiger partial charge in [0.25, 0.3) is 0 Å². The first-order valence-electron chi connectivity index (χ1n) is 8.14. The Bertz CT molecular complexity index is 860. The van der Waals surface area contributed by atoms with Crippen LogP contribution in [0.4, 0.5) is 0 Å². The lowest BCUT2D eigenvalue weighted by Gasteiger charge is -2.31. The van der Waals surface area contributed by atoms with E-state index in [9.17, 15) is 30.3 Å². The largest absolute Gasteiger partial charge is 0.508 e. The predicted molar refractivity (Wildman–Crippen MR) is 102 cm³/mol. The van der Waals surface area contributed by atoms with Crippen LogP contribution in [-0.2, 0) is 11.2 Å². The Labute approximate surface area is 165 Å². The number of rotatable bonds is 3. The van der Waals surface area contributed by atoms with E-state index in [4.69, 9.17) is 15.6 Å². The second kappa shape index (κ2) is 8.91. The van der Waals surface area contributed by atoms with Crippen molar-refractivity contribution in [3.8, 4) is 28.7 Å². The number of hydrogen-bond donors (Lipinski definition) is 8. The van der Waals surface area contributed by atoms with Gasteiger partial charge in [0, 0.05) is 29.9 Å². The summed E-state index contributed by atoms with van der Waals surface area (Å²) in [4.78, 5) is 9.76. The number of carbonyl (C=O) groups is 1. The summed E-state index contributed by atoms with van der Waals surface area (Å²) in [5.41, 5.74) is 5.83. The van der Waals surface area contributed by atoms with Crippen LogP contribution in [0.5, 0.6) is 28.7 Å². The first-order valence-corrected chi connectivity index (χ1v) is 8.78. The summed E-state index contributed by atoms with van der Waals surface area (Å²) in [6.07, 6.45) is -1.56. The minimum absolute atomic E-state index is 0.143. The van der Waals surface area contributed by atoms with Crippen LogP contribution in [0.15, 0.2) is 30.3 Å². The molecule has 0 saturated heterocycles. The lowest BCUT2D eigenvalue weighted by atomic mass is 9.94. The molecule has 152 valence electrons. The SMILES string of the molecule is N[C@@H](CS)C(=O)O.Oc1cc(O)c2c(c1)O[C@H](c1ccc(O)c(O)c1)[C@H](O)C2. The summed E-state index contributed by atoms with van der Waals surface area (Å²) in [6, 6.07) is 5.85. The monoisotopic (exact) mass is 411 g/mol. The predicted octanol–water partition coefficient (Wildman–Crippen LogP) is 0.874. The van der Waals surface area contributed by atoms with E-state index in [2.05, 4.69) is 12.6 Å². The number of benzene rings is 2. The van der Waals surface area contributed by atoms with Crippen LogP contribution in [0.1, 0.15) is 17.2 Å². The number of aliphatic carboxylic acids is 1. The Morgan fingerprint density at radius 3 is 2.36 bits per heavy atom. The topological polar surface area (TPSA) is 174 Å². The molecular weight excluding hydrogens is 390 g/mol. The van der Waals surface area contributed by atoms with E-state index in [1.165, 1.54) is 30.3 Å². The molecule has 0 spiro atoms. The van der Waals surface area contributed by atoms with Crippen LogP contribution in [0.2, 0.25) is 0 Å². The molecule has 0 radical (unpaired) electrons. The lowest BCUT2D eigenvalue weighted by molar-refractivity contribution is -0.137. The zero-order valence-electron chi connectivity index (χ0n) is 14.6. The molecule has 9 nitrogen and oxygen atoms in total. The maximum absolute atomic E-state index is 10.2. The van der Waals surface area contributed by atoms with Gasteiger partial charge in [-0.2, -0.15) is 12.6 Å². The van der Waals surface area contributed by atoms with Crippen LogP contribution in [-0.4, -0.2) is 54.5 Å². The number of carboxylic acid groups (broad SMARTS) is 1. The number of phenolic OH excluding ortho intramolecular Hbond substituents is 4. The van der Waals surface area contributed by atoms with E-state index in [0.717, 1.165) is 0 Å². The minimum Gasteiger partial charge on any atom is -0.508 e. The Hall–Kier alpha value is -2.82. The molecule has 0 aromatic heterocycles. The molecule has 0 saturated carbocycles. The van der Waals surface area contributed by atoms with Crippen molar-refractivity contribution in [3.05, 3.63) is 41.5 Å². The molecule has 0 fully saturated rings. The molecule has 3 atom stereocenters. The molecule has 28 heavy (non-hydrogen) atoms. The highest BCUT2D eigenvalue weighted by Gasteiger charge is 2.32. The van der Waals surface area contributed by atoms with Gasteiger partial charge >= 0.3 is 5.97 Å². The van der Waals surface area contributed by atoms with Crippen LogP contribution in [0.25, 0.3) is 0 Å². The van der Waals surface area contributed by atoms with Gasteiger partial charge in [-0.3, -0.25) is 4.79 Å². The van der Waals surface area contributed by atoms with Crippen molar-refractivity contribution in [3.63, 3.8) is 0 Å². The molecule has 2 aromatic carbocycles. The highest BCUT2D eigenvalue weighted by Crippen LogP contribution is 2.42. The van der Waals surface area contributed by atoms with Crippen molar-refractivity contribution in [2.24, 2.45) is 5.73 Å². The number of nitrogens with two attached hydrogens (primary N) is 1. The number of aromatic hydroxyl groups is 4. The van der Waals surface area contributed by atoms with E-state index in [1.807, 2.05) is 0 Å². The van der Waals surface area contributed by atoms with Gasteiger partial charge in [-0.05, 0) is 17.7 Å². The number of phenols is 4. The molecule has 0 amide bonds. The van der Waals surface area contributed by atoms with Crippen molar-refractivity contribution in [1.82, 2.24) is 0 Å². The molecule has 1 aliphatic rings. The van der Waals surface area contributed by atoms with Crippen LogP contribution in [0, 0.1) is 0 Å². The van der Waals surface area contributed by atoms with Crippen LogP contribution >= 0.6 is 12.6 Å². The highest BCUT2D eigenvalue weighted by atomic mass is 32.1. The normalized spacial score (nSPS) is 18.8. The molecule has 1 heterocycles. The molecule has 8 N–H and O–H groups in total. The molecular formula is C18H21NO8S. The minimum atomic E-state index is -1.00. The second-order valence-corrected chi connectivity index (χ2v) is 6.49. The fourth-order valence-corrected chi connectivity index (χ4v) is 2.70. The number of aliphatic hydroxyl groups excluding tert-OH is 1. The van der Waals surface area contributed by atoms with Gasteiger partial charge in [-0.15, -0.1) is 0 Å². The smallest absolute Gasteiger partial charge is 0.321 e. The zero-order chi connectivity index (χ0) is 21.0. The van der Waals surface area contributed by atoms with Crippen molar-refractivity contribution >= 4 is 18.6 Å². The molecule has 0 bridgehead atoms. The summed E-state index contributed by atoms with van der Waals surface area (Å²) in [6.45, 7) is 0. The van der Waals surface area contributed by atoms with Gasteiger partial charge in [0.05, 0.1) is 6.10 Å². The Morgan fingerprint density at radius 2 is 1.82 bits per heavy atom. The first-order chi connectivity index (χ1) is 13.1. The van der Waals surface area contributed by atoms with Gasteiger partial charge in [0.1, 0.15) is 29.4 Å². The lowest BCUT2D eigenvalue weighted by Crippen LogP contribution is -2.31. The number of fused-ring (bicyclic) bond motifs is 1. The summed E-state index contributed by atoms with van der Waals surface area (Å²) in [5, 5.41) is 56.3. The number of ether oxygens (including phenoxy) is 1. The average molecular weight is 411 g/mol. The molecule has 1 aliphatic heterocycles. The number of thiol groups is 1. The van der Waals surface area contributed by atoms with Crippen molar-refractivity contribution in [2.75, 3.05) is 5.75 Å². The van der Waals surface area contributed by atoms with Gasteiger partial charge in [0.15, 0.2) is 11.5 Å². The summed E-state index contributed by atoms with van der Waals surface area (Å²) in [7, 11) is 0. The van der Waals surface area contributed by atoms with Crippen molar-refractivity contribution < 1.29 is 40.2 Å². The van der Waals surface area contributed by atoms with E-state index in [0.29, 0.717) is 11.1 Å².